The second-order valence-corrected chi connectivity index (χ2v) is 8.76. The number of amides is 1. The van der Waals surface area contributed by atoms with Crippen molar-refractivity contribution in [3.63, 3.8) is 0 Å². The van der Waals surface area contributed by atoms with Crippen molar-refractivity contribution in [1.29, 1.82) is 0 Å². The molecule has 1 heterocycles. The lowest BCUT2D eigenvalue weighted by Crippen LogP contribution is -2.62. The van der Waals surface area contributed by atoms with Crippen LogP contribution in [0.5, 0.6) is 0 Å². The minimum Gasteiger partial charge on any atom is -0.383 e. The average molecular weight is 336 g/mol. The Hall–Kier alpha value is -0.650. The van der Waals surface area contributed by atoms with E-state index in [0.717, 1.165) is 36.6 Å². The molecular formula is C19H32N2O3. The maximum absolute atomic E-state index is 12.7. The van der Waals surface area contributed by atoms with Crippen LogP contribution in [0, 0.1) is 23.7 Å². The van der Waals surface area contributed by atoms with Gasteiger partial charge in [0.25, 0.3) is 5.91 Å². The molecule has 0 spiro atoms. The quantitative estimate of drug-likeness (QED) is 0.770. The van der Waals surface area contributed by atoms with Gasteiger partial charge < -0.3 is 20.1 Å². The van der Waals surface area contributed by atoms with Crippen LogP contribution < -0.4 is 5.32 Å². The third kappa shape index (κ3) is 2.99. The first-order valence-corrected chi connectivity index (χ1v) is 9.83. The second-order valence-electron chi connectivity index (χ2n) is 8.76. The van der Waals surface area contributed by atoms with Gasteiger partial charge in [0.15, 0.2) is 5.60 Å². The summed E-state index contributed by atoms with van der Waals surface area (Å²) in [4.78, 5) is 14.5. The van der Waals surface area contributed by atoms with Crippen LogP contribution in [-0.2, 0) is 9.53 Å². The minimum atomic E-state index is -1.22. The molecule has 5 rings (SSSR count). The number of carbonyl (C=O) groups excluding carboxylic acids is 1. The summed E-state index contributed by atoms with van der Waals surface area (Å²) in [5, 5.41) is 14.6. The van der Waals surface area contributed by atoms with Crippen molar-refractivity contribution < 1.29 is 14.6 Å². The number of aliphatic hydroxyl groups is 1. The van der Waals surface area contributed by atoms with E-state index in [1.54, 1.807) is 12.0 Å². The molecule has 24 heavy (non-hydrogen) atoms. The third-order valence-corrected chi connectivity index (χ3v) is 7.13. The zero-order valence-electron chi connectivity index (χ0n) is 14.9. The Labute approximate surface area is 145 Å². The second kappa shape index (κ2) is 6.58. The topological polar surface area (TPSA) is 61.8 Å². The predicted octanol–water partition coefficient (Wildman–Crippen LogP) is 1.40. The number of ether oxygens (including phenoxy) is 1. The number of likely N-dealkylation sites (tertiary alicyclic amines) is 1. The maximum atomic E-state index is 12.7. The molecule has 5 nitrogen and oxygen atoms in total. The van der Waals surface area contributed by atoms with E-state index in [4.69, 9.17) is 4.74 Å². The van der Waals surface area contributed by atoms with Crippen LogP contribution in [0.4, 0.5) is 0 Å². The summed E-state index contributed by atoms with van der Waals surface area (Å²) in [5.41, 5.74) is -1.22. The van der Waals surface area contributed by atoms with Gasteiger partial charge in [-0.2, -0.15) is 0 Å². The lowest BCUT2D eigenvalue weighted by Gasteiger charge is -2.55. The van der Waals surface area contributed by atoms with Crippen LogP contribution in [0.25, 0.3) is 0 Å². The van der Waals surface area contributed by atoms with E-state index in [9.17, 15) is 9.90 Å². The number of nitrogens with one attached hydrogen (secondary N) is 1. The summed E-state index contributed by atoms with van der Waals surface area (Å²) < 4.78 is 5.09. The van der Waals surface area contributed by atoms with Gasteiger partial charge in [-0.15, -0.1) is 0 Å². The zero-order chi connectivity index (χ0) is 16.7. The molecule has 4 saturated carbocycles. The number of hydrogen-bond acceptors (Lipinski definition) is 4. The number of hydrogen-bond donors (Lipinski definition) is 2. The van der Waals surface area contributed by atoms with E-state index in [-0.39, 0.29) is 5.91 Å². The summed E-state index contributed by atoms with van der Waals surface area (Å²) in [6, 6.07) is 0.518. The van der Waals surface area contributed by atoms with E-state index < -0.39 is 5.60 Å². The molecule has 1 amide bonds. The number of carbonyl (C=O) groups is 1. The molecule has 1 saturated heterocycles. The van der Waals surface area contributed by atoms with Crippen molar-refractivity contribution in [3.8, 4) is 0 Å². The van der Waals surface area contributed by atoms with Crippen LogP contribution >= 0.6 is 0 Å². The Morgan fingerprint density at radius 2 is 1.88 bits per heavy atom. The fraction of sp³-hybridized carbons (Fsp3) is 0.947. The van der Waals surface area contributed by atoms with E-state index in [0.29, 0.717) is 32.2 Å². The lowest BCUT2D eigenvalue weighted by atomic mass is 9.54. The largest absolute Gasteiger partial charge is 0.383 e. The summed E-state index contributed by atoms with van der Waals surface area (Å²) >= 11 is 0. The van der Waals surface area contributed by atoms with Gasteiger partial charge in [0.1, 0.15) is 0 Å². The molecule has 1 aliphatic heterocycles. The molecule has 5 aliphatic rings. The predicted molar refractivity (Wildman–Crippen MR) is 91.5 cm³/mol. The van der Waals surface area contributed by atoms with Gasteiger partial charge in [0.05, 0.1) is 6.61 Å². The van der Waals surface area contributed by atoms with E-state index in [1.807, 2.05) is 0 Å². The maximum Gasteiger partial charge on any atom is 0.255 e. The lowest BCUT2D eigenvalue weighted by molar-refractivity contribution is -0.158. The van der Waals surface area contributed by atoms with Crippen molar-refractivity contribution in [2.75, 3.05) is 33.4 Å². The van der Waals surface area contributed by atoms with Crippen molar-refractivity contribution >= 4 is 5.91 Å². The van der Waals surface area contributed by atoms with Crippen LogP contribution in [0.15, 0.2) is 0 Å². The van der Waals surface area contributed by atoms with Crippen LogP contribution in [0.3, 0.4) is 0 Å². The van der Waals surface area contributed by atoms with Crippen molar-refractivity contribution in [2.24, 2.45) is 23.7 Å². The summed E-state index contributed by atoms with van der Waals surface area (Å²) in [6.45, 7) is 2.27. The van der Waals surface area contributed by atoms with Gasteiger partial charge in [-0.3, -0.25) is 4.79 Å². The fourth-order valence-electron chi connectivity index (χ4n) is 6.19. The van der Waals surface area contributed by atoms with Crippen molar-refractivity contribution in [3.05, 3.63) is 0 Å². The normalized spacial score (nSPS) is 44.3. The first-order chi connectivity index (χ1) is 11.6. The van der Waals surface area contributed by atoms with Crippen LogP contribution in [-0.4, -0.2) is 60.9 Å². The number of methoxy groups -OCH3 is 1. The SMILES string of the molecule is COCCN1CCC[C@@](O)(CNC2C3CC4CC(C3)CC2C4)C1=O. The molecule has 0 unspecified atom stereocenters. The number of piperidine rings is 1. The molecule has 0 aromatic heterocycles. The fourth-order valence-corrected chi connectivity index (χ4v) is 6.19. The Morgan fingerprint density at radius 3 is 2.50 bits per heavy atom. The van der Waals surface area contributed by atoms with E-state index in [1.165, 1.54) is 32.1 Å². The zero-order valence-corrected chi connectivity index (χ0v) is 14.9. The van der Waals surface area contributed by atoms with Crippen molar-refractivity contribution in [1.82, 2.24) is 10.2 Å². The highest BCUT2D eigenvalue weighted by molar-refractivity contribution is 5.86. The monoisotopic (exact) mass is 336 g/mol. The standard InChI is InChI=1S/C19H32N2O3/c1-24-6-5-21-4-2-3-19(23,18(21)22)12-20-17-15-8-13-7-14(10-15)11-16(17)9-13/h13-17,20,23H,2-12H2,1H3/t13?,14?,15?,16?,17?,19-/m1/s1. The van der Waals surface area contributed by atoms with Crippen LogP contribution in [0.2, 0.25) is 0 Å². The number of nitrogens with zero attached hydrogens (tertiary/aromatic N) is 1. The van der Waals surface area contributed by atoms with Crippen molar-refractivity contribution in [2.45, 2.75) is 56.6 Å². The van der Waals surface area contributed by atoms with Gasteiger partial charge >= 0.3 is 0 Å². The molecular weight excluding hydrogens is 304 g/mol. The molecule has 2 N–H and O–H groups in total. The summed E-state index contributed by atoms with van der Waals surface area (Å²) in [7, 11) is 1.65. The summed E-state index contributed by atoms with van der Waals surface area (Å²) in [6.07, 6.45) is 8.34. The van der Waals surface area contributed by atoms with E-state index >= 15 is 0 Å². The molecule has 5 heteroatoms. The Morgan fingerprint density at radius 1 is 1.21 bits per heavy atom. The molecule has 0 radical (unpaired) electrons. The Kier molecular flexibility index (Phi) is 4.61. The van der Waals surface area contributed by atoms with Gasteiger partial charge in [0.2, 0.25) is 0 Å². The highest BCUT2D eigenvalue weighted by Crippen LogP contribution is 2.53. The Balaban J connectivity index is 1.37. The molecule has 4 bridgehead atoms. The smallest absolute Gasteiger partial charge is 0.255 e. The highest BCUT2D eigenvalue weighted by atomic mass is 16.5. The van der Waals surface area contributed by atoms with Crippen LogP contribution in [0.1, 0.15) is 44.9 Å². The Bertz CT molecular complexity index is 455. The van der Waals surface area contributed by atoms with E-state index in [2.05, 4.69) is 5.32 Å². The van der Waals surface area contributed by atoms with Gasteiger partial charge in [0, 0.05) is 32.8 Å². The first kappa shape index (κ1) is 16.8. The molecule has 0 aromatic carbocycles. The molecule has 0 aromatic rings. The first-order valence-electron chi connectivity index (χ1n) is 9.83. The number of rotatable bonds is 6. The molecule has 5 fully saturated rings. The molecule has 4 aliphatic carbocycles. The third-order valence-electron chi connectivity index (χ3n) is 7.13. The average Bonchev–Trinajstić information content (AvgIpc) is 2.55. The van der Waals surface area contributed by atoms with Gasteiger partial charge in [-0.05, 0) is 68.6 Å². The molecule has 136 valence electrons. The molecule has 1 atom stereocenters. The van der Waals surface area contributed by atoms with Gasteiger partial charge in [-0.1, -0.05) is 0 Å². The minimum absolute atomic E-state index is 0.109. The summed E-state index contributed by atoms with van der Waals surface area (Å²) in [5.74, 6) is 3.34. The van der Waals surface area contributed by atoms with Gasteiger partial charge in [-0.25, -0.2) is 0 Å². The highest BCUT2D eigenvalue weighted by Gasteiger charge is 2.49.